The standard InChI is InChI=1S/C13H17BrN2O2/c1-9-2-4-11(6-9)15-8-10-3-5-12(16(17)18)7-13(10)14/h3,5,7,9,11,15H,2,4,6,8H2,1H3. The number of nitrogens with one attached hydrogen (secondary N) is 1. The van der Waals surface area contributed by atoms with E-state index in [-0.39, 0.29) is 10.6 Å². The van der Waals surface area contributed by atoms with Gasteiger partial charge in [-0.3, -0.25) is 10.1 Å². The maximum atomic E-state index is 10.6. The Bertz CT molecular complexity index is 451. The highest BCUT2D eigenvalue weighted by Crippen LogP contribution is 2.26. The van der Waals surface area contributed by atoms with Gasteiger partial charge in [0.05, 0.1) is 4.92 Å². The van der Waals surface area contributed by atoms with Crippen molar-refractivity contribution in [1.82, 2.24) is 5.32 Å². The second-order valence-corrected chi connectivity index (χ2v) is 5.88. The maximum Gasteiger partial charge on any atom is 0.270 e. The van der Waals surface area contributed by atoms with Crippen molar-refractivity contribution in [3.63, 3.8) is 0 Å². The van der Waals surface area contributed by atoms with E-state index in [1.165, 1.54) is 19.3 Å². The number of nitro benzene ring substituents is 1. The van der Waals surface area contributed by atoms with Gasteiger partial charge in [-0.1, -0.05) is 22.9 Å². The summed E-state index contributed by atoms with van der Waals surface area (Å²) in [5.41, 5.74) is 1.19. The second kappa shape index (κ2) is 5.80. The molecule has 0 spiro atoms. The van der Waals surface area contributed by atoms with Crippen LogP contribution in [0.3, 0.4) is 0 Å². The Morgan fingerprint density at radius 1 is 1.50 bits per heavy atom. The summed E-state index contributed by atoms with van der Waals surface area (Å²) in [7, 11) is 0. The predicted octanol–water partition coefficient (Wildman–Crippen LogP) is 3.64. The molecule has 1 aliphatic carbocycles. The Morgan fingerprint density at radius 2 is 2.28 bits per heavy atom. The fraction of sp³-hybridized carbons (Fsp3) is 0.538. The van der Waals surface area contributed by atoms with E-state index in [1.807, 2.05) is 6.07 Å². The van der Waals surface area contributed by atoms with Crippen molar-refractivity contribution >= 4 is 21.6 Å². The van der Waals surface area contributed by atoms with Crippen molar-refractivity contribution in [2.75, 3.05) is 0 Å². The van der Waals surface area contributed by atoms with Crippen LogP contribution in [0.5, 0.6) is 0 Å². The normalized spacial score (nSPS) is 23.2. The van der Waals surface area contributed by atoms with Crippen LogP contribution in [0.25, 0.3) is 0 Å². The highest BCUT2D eigenvalue weighted by Gasteiger charge is 2.20. The molecule has 1 aromatic rings. The quantitative estimate of drug-likeness (QED) is 0.682. The zero-order valence-corrected chi connectivity index (χ0v) is 11.9. The van der Waals surface area contributed by atoms with Crippen molar-refractivity contribution < 1.29 is 4.92 Å². The monoisotopic (exact) mass is 312 g/mol. The molecule has 0 aromatic heterocycles. The molecule has 1 fully saturated rings. The van der Waals surface area contributed by atoms with E-state index < -0.39 is 0 Å². The molecule has 1 aromatic carbocycles. The van der Waals surface area contributed by atoms with Gasteiger partial charge in [0.1, 0.15) is 0 Å². The molecule has 0 heterocycles. The molecular weight excluding hydrogens is 296 g/mol. The first-order valence-corrected chi connectivity index (χ1v) is 7.01. The molecule has 0 amide bonds. The van der Waals surface area contributed by atoms with Gasteiger partial charge in [0.2, 0.25) is 0 Å². The molecule has 0 aliphatic heterocycles. The third-order valence-corrected chi connectivity index (χ3v) is 4.26. The van der Waals surface area contributed by atoms with Gasteiger partial charge in [0, 0.05) is 29.2 Å². The minimum Gasteiger partial charge on any atom is -0.310 e. The number of nitrogens with zero attached hydrogens (tertiary/aromatic N) is 1. The highest BCUT2D eigenvalue weighted by atomic mass is 79.9. The van der Waals surface area contributed by atoms with Crippen LogP contribution >= 0.6 is 15.9 Å². The fourth-order valence-corrected chi connectivity index (χ4v) is 2.95. The second-order valence-electron chi connectivity index (χ2n) is 5.03. The molecule has 1 aliphatic rings. The van der Waals surface area contributed by atoms with Crippen LogP contribution in [0.1, 0.15) is 31.7 Å². The first-order chi connectivity index (χ1) is 8.56. The summed E-state index contributed by atoms with van der Waals surface area (Å²) < 4.78 is 0.801. The van der Waals surface area contributed by atoms with E-state index in [1.54, 1.807) is 12.1 Å². The molecular formula is C13H17BrN2O2. The van der Waals surface area contributed by atoms with Crippen LogP contribution in [0.15, 0.2) is 22.7 Å². The molecule has 0 bridgehead atoms. The first-order valence-electron chi connectivity index (χ1n) is 6.22. The Balaban J connectivity index is 1.95. The Hall–Kier alpha value is -0.940. The zero-order valence-electron chi connectivity index (χ0n) is 10.4. The average molecular weight is 313 g/mol. The molecule has 2 atom stereocenters. The van der Waals surface area contributed by atoms with Crippen LogP contribution in [0, 0.1) is 16.0 Å². The molecule has 4 nitrogen and oxygen atoms in total. The Morgan fingerprint density at radius 3 is 2.83 bits per heavy atom. The summed E-state index contributed by atoms with van der Waals surface area (Å²) in [5.74, 6) is 0.808. The van der Waals surface area contributed by atoms with Crippen molar-refractivity contribution in [3.8, 4) is 0 Å². The summed E-state index contributed by atoms with van der Waals surface area (Å²) in [6.45, 7) is 3.04. The number of halogens is 1. The number of hydrogen-bond donors (Lipinski definition) is 1. The van der Waals surface area contributed by atoms with E-state index >= 15 is 0 Å². The smallest absolute Gasteiger partial charge is 0.270 e. The van der Waals surface area contributed by atoms with Crippen molar-refractivity contribution in [2.24, 2.45) is 5.92 Å². The van der Waals surface area contributed by atoms with Crippen molar-refractivity contribution in [1.29, 1.82) is 0 Å². The SMILES string of the molecule is CC1CCC(NCc2ccc([N+](=O)[O-])cc2Br)C1. The van der Waals surface area contributed by atoms with Crippen molar-refractivity contribution in [3.05, 3.63) is 38.3 Å². The van der Waals surface area contributed by atoms with E-state index in [2.05, 4.69) is 28.2 Å². The zero-order chi connectivity index (χ0) is 13.1. The van der Waals surface area contributed by atoms with Crippen LogP contribution in [0.2, 0.25) is 0 Å². The predicted molar refractivity (Wildman–Crippen MR) is 74.4 cm³/mol. The molecule has 5 heteroatoms. The average Bonchev–Trinajstić information content (AvgIpc) is 2.73. The number of nitro groups is 1. The minimum absolute atomic E-state index is 0.125. The number of benzene rings is 1. The molecule has 0 radical (unpaired) electrons. The number of rotatable bonds is 4. The lowest BCUT2D eigenvalue weighted by Crippen LogP contribution is -2.25. The summed E-state index contributed by atoms with van der Waals surface area (Å²) in [6, 6.07) is 5.52. The van der Waals surface area contributed by atoms with Gasteiger partial charge in [0.25, 0.3) is 5.69 Å². The van der Waals surface area contributed by atoms with Gasteiger partial charge in [0.15, 0.2) is 0 Å². The molecule has 18 heavy (non-hydrogen) atoms. The Kier molecular flexibility index (Phi) is 4.35. The topological polar surface area (TPSA) is 55.2 Å². The van der Waals surface area contributed by atoms with Crippen LogP contribution in [-0.4, -0.2) is 11.0 Å². The summed E-state index contributed by atoms with van der Waals surface area (Å²) >= 11 is 3.39. The van der Waals surface area contributed by atoms with E-state index in [9.17, 15) is 10.1 Å². The number of hydrogen-bond acceptors (Lipinski definition) is 3. The van der Waals surface area contributed by atoms with Crippen LogP contribution < -0.4 is 5.32 Å². The highest BCUT2D eigenvalue weighted by molar-refractivity contribution is 9.10. The van der Waals surface area contributed by atoms with Gasteiger partial charge in [-0.2, -0.15) is 0 Å². The minimum atomic E-state index is -0.374. The van der Waals surface area contributed by atoms with E-state index in [0.717, 1.165) is 22.5 Å². The molecule has 0 saturated heterocycles. The van der Waals surface area contributed by atoms with Crippen LogP contribution in [0.4, 0.5) is 5.69 Å². The van der Waals surface area contributed by atoms with Gasteiger partial charge in [-0.25, -0.2) is 0 Å². The van der Waals surface area contributed by atoms with Gasteiger partial charge >= 0.3 is 0 Å². The van der Waals surface area contributed by atoms with Gasteiger partial charge in [-0.05, 0) is 36.8 Å². The lowest BCUT2D eigenvalue weighted by Gasteiger charge is -2.13. The lowest BCUT2D eigenvalue weighted by molar-refractivity contribution is -0.384. The van der Waals surface area contributed by atoms with Gasteiger partial charge < -0.3 is 5.32 Å². The van der Waals surface area contributed by atoms with Crippen molar-refractivity contribution in [2.45, 2.75) is 38.8 Å². The largest absolute Gasteiger partial charge is 0.310 e. The fourth-order valence-electron chi connectivity index (χ4n) is 2.44. The maximum absolute atomic E-state index is 10.6. The Labute approximate surface area is 115 Å². The molecule has 2 rings (SSSR count). The molecule has 98 valence electrons. The van der Waals surface area contributed by atoms with E-state index in [4.69, 9.17) is 0 Å². The van der Waals surface area contributed by atoms with E-state index in [0.29, 0.717) is 6.04 Å². The molecule has 2 unspecified atom stereocenters. The summed E-state index contributed by atoms with van der Waals surface area (Å²) in [4.78, 5) is 10.3. The third kappa shape index (κ3) is 3.29. The summed E-state index contributed by atoms with van der Waals surface area (Å²) in [6.07, 6.45) is 3.75. The van der Waals surface area contributed by atoms with Gasteiger partial charge in [-0.15, -0.1) is 0 Å². The summed E-state index contributed by atoms with van der Waals surface area (Å²) in [5, 5.41) is 14.2. The molecule has 1 saturated carbocycles. The molecule has 1 N–H and O–H groups in total. The first kappa shape index (κ1) is 13.5. The third-order valence-electron chi connectivity index (χ3n) is 3.52. The lowest BCUT2D eigenvalue weighted by atomic mass is 10.1. The van der Waals surface area contributed by atoms with Crippen LogP contribution in [-0.2, 0) is 6.54 Å². The number of non-ortho nitro benzene ring substituents is 1.